The van der Waals surface area contributed by atoms with Crippen molar-refractivity contribution in [2.45, 2.75) is 6.04 Å². The molecular formula is C16H13ClN2S. The predicted molar refractivity (Wildman–Crippen MR) is 85.0 cm³/mol. The van der Waals surface area contributed by atoms with Gasteiger partial charge in [-0.2, -0.15) is 0 Å². The smallest absolute Gasteiger partial charge is 0.115 e. The lowest BCUT2D eigenvalue weighted by Gasteiger charge is -2.08. The maximum atomic E-state index is 6.27. The molecule has 1 unspecified atom stereocenters. The average molecular weight is 301 g/mol. The molecule has 0 saturated carbocycles. The Morgan fingerprint density at radius 1 is 1.05 bits per heavy atom. The normalized spacial score (nSPS) is 12.3. The van der Waals surface area contributed by atoms with Crippen LogP contribution in [0.15, 0.2) is 60.0 Å². The second-order valence-corrected chi connectivity index (χ2v) is 5.80. The fraction of sp³-hybridized carbons (Fsp3) is 0.0625. The number of benzene rings is 2. The van der Waals surface area contributed by atoms with Crippen LogP contribution in [0.2, 0.25) is 5.02 Å². The van der Waals surface area contributed by atoms with Gasteiger partial charge in [0.2, 0.25) is 0 Å². The van der Waals surface area contributed by atoms with Crippen molar-refractivity contribution >= 4 is 22.9 Å². The van der Waals surface area contributed by atoms with Crippen molar-refractivity contribution in [3.63, 3.8) is 0 Å². The molecule has 2 nitrogen and oxygen atoms in total. The Bertz CT molecular complexity index is 709. The lowest BCUT2D eigenvalue weighted by atomic mass is 10.1. The summed E-state index contributed by atoms with van der Waals surface area (Å²) in [5, 5.41) is 3.62. The third-order valence-corrected chi connectivity index (χ3v) is 4.23. The van der Waals surface area contributed by atoms with Crippen LogP contribution in [0.3, 0.4) is 0 Å². The summed E-state index contributed by atoms with van der Waals surface area (Å²) in [4.78, 5) is 4.64. The molecule has 0 aliphatic rings. The third-order valence-electron chi connectivity index (χ3n) is 3.07. The molecule has 0 aliphatic heterocycles. The Balaban J connectivity index is 1.90. The van der Waals surface area contributed by atoms with E-state index in [1.165, 1.54) is 0 Å². The first-order valence-corrected chi connectivity index (χ1v) is 7.52. The quantitative estimate of drug-likeness (QED) is 0.773. The minimum absolute atomic E-state index is 0.240. The lowest BCUT2D eigenvalue weighted by Crippen LogP contribution is -2.11. The zero-order valence-electron chi connectivity index (χ0n) is 10.7. The van der Waals surface area contributed by atoms with Crippen molar-refractivity contribution in [1.82, 2.24) is 4.98 Å². The van der Waals surface area contributed by atoms with Gasteiger partial charge in [-0.3, -0.25) is 0 Å². The first kappa shape index (κ1) is 13.3. The molecule has 1 heterocycles. The van der Waals surface area contributed by atoms with E-state index in [4.69, 9.17) is 17.3 Å². The summed E-state index contributed by atoms with van der Waals surface area (Å²) in [5.41, 5.74) is 9.31. The fourth-order valence-corrected chi connectivity index (χ4v) is 3.07. The molecule has 0 amide bonds. The molecule has 4 heteroatoms. The standard InChI is InChI=1S/C16H13ClN2S/c17-13-8-4-7-12(9-13)15(18)16-19-14(10-20-16)11-5-2-1-3-6-11/h1-10,15H,18H2. The second kappa shape index (κ2) is 5.75. The molecule has 2 aromatic carbocycles. The van der Waals surface area contributed by atoms with Gasteiger partial charge in [-0.1, -0.05) is 54.1 Å². The van der Waals surface area contributed by atoms with E-state index in [-0.39, 0.29) is 6.04 Å². The van der Waals surface area contributed by atoms with Gasteiger partial charge in [-0.25, -0.2) is 4.98 Å². The van der Waals surface area contributed by atoms with E-state index in [9.17, 15) is 0 Å². The summed E-state index contributed by atoms with van der Waals surface area (Å²) in [6.45, 7) is 0. The summed E-state index contributed by atoms with van der Waals surface area (Å²) >= 11 is 7.58. The first-order valence-electron chi connectivity index (χ1n) is 6.26. The number of hydrogen-bond acceptors (Lipinski definition) is 3. The van der Waals surface area contributed by atoms with Gasteiger partial charge >= 0.3 is 0 Å². The minimum Gasteiger partial charge on any atom is -0.318 e. The van der Waals surface area contributed by atoms with Crippen LogP contribution < -0.4 is 5.73 Å². The van der Waals surface area contributed by atoms with E-state index in [0.717, 1.165) is 21.8 Å². The molecule has 1 atom stereocenters. The van der Waals surface area contributed by atoms with Crippen molar-refractivity contribution in [3.8, 4) is 11.3 Å². The Morgan fingerprint density at radius 2 is 1.85 bits per heavy atom. The van der Waals surface area contributed by atoms with Crippen molar-refractivity contribution in [2.75, 3.05) is 0 Å². The molecule has 0 bridgehead atoms. The number of nitrogens with two attached hydrogens (primary N) is 1. The Kier molecular flexibility index (Phi) is 3.83. The number of hydrogen-bond donors (Lipinski definition) is 1. The SMILES string of the molecule is NC(c1cccc(Cl)c1)c1nc(-c2ccccc2)cs1. The van der Waals surface area contributed by atoms with Crippen LogP contribution in [0.4, 0.5) is 0 Å². The highest BCUT2D eigenvalue weighted by Gasteiger charge is 2.14. The second-order valence-electron chi connectivity index (χ2n) is 4.47. The highest BCUT2D eigenvalue weighted by molar-refractivity contribution is 7.10. The van der Waals surface area contributed by atoms with Crippen molar-refractivity contribution < 1.29 is 0 Å². The molecule has 0 spiro atoms. The summed E-state index contributed by atoms with van der Waals surface area (Å²) in [7, 11) is 0. The van der Waals surface area contributed by atoms with Crippen LogP contribution in [0.1, 0.15) is 16.6 Å². The van der Waals surface area contributed by atoms with Crippen LogP contribution in [0, 0.1) is 0 Å². The molecule has 1 aromatic heterocycles. The molecule has 2 N–H and O–H groups in total. The minimum atomic E-state index is -0.240. The number of thiazole rings is 1. The molecule has 0 radical (unpaired) electrons. The highest BCUT2D eigenvalue weighted by atomic mass is 35.5. The van der Waals surface area contributed by atoms with Gasteiger partial charge < -0.3 is 5.73 Å². The number of rotatable bonds is 3. The van der Waals surface area contributed by atoms with Crippen LogP contribution in [-0.4, -0.2) is 4.98 Å². The van der Waals surface area contributed by atoms with Crippen LogP contribution in [0.25, 0.3) is 11.3 Å². The summed E-state index contributed by atoms with van der Waals surface area (Å²) in [5.74, 6) is 0. The van der Waals surface area contributed by atoms with Gasteiger partial charge in [-0.05, 0) is 17.7 Å². The van der Waals surface area contributed by atoms with E-state index < -0.39 is 0 Å². The Labute approximate surface area is 126 Å². The molecule has 0 aliphatic carbocycles. The maximum absolute atomic E-state index is 6.27. The van der Waals surface area contributed by atoms with Crippen molar-refractivity contribution in [2.24, 2.45) is 5.73 Å². The topological polar surface area (TPSA) is 38.9 Å². The Morgan fingerprint density at radius 3 is 2.60 bits per heavy atom. The fourth-order valence-electron chi connectivity index (χ4n) is 2.01. The Hall–Kier alpha value is -1.68. The monoisotopic (exact) mass is 300 g/mol. The van der Waals surface area contributed by atoms with E-state index >= 15 is 0 Å². The molecule has 0 saturated heterocycles. The molecule has 20 heavy (non-hydrogen) atoms. The van der Waals surface area contributed by atoms with Crippen LogP contribution in [0.5, 0.6) is 0 Å². The van der Waals surface area contributed by atoms with E-state index in [1.807, 2.05) is 60.0 Å². The summed E-state index contributed by atoms with van der Waals surface area (Å²) < 4.78 is 0. The molecular weight excluding hydrogens is 288 g/mol. The highest BCUT2D eigenvalue weighted by Crippen LogP contribution is 2.28. The lowest BCUT2D eigenvalue weighted by molar-refractivity contribution is 0.859. The number of aromatic nitrogens is 1. The zero-order chi connectivity index (χ0) is 13.9. The van der Waals surface area contributed by atoms with E-state index in [2.05, 4.69) is 4.98 Å². The first-order chi connectivity index (χ1) is 9.74. The third kappa shape index (κ3) is 2.75. The number of halogens is 1. The molecule has 3 rings (SSSR count). The van der Waals surface area contributed by atoms with Gasteiger partial charge in [0.05, 0.1) is 11.7 Å². The molecule has 3 aromatic rings. The predicted octanol–water partition coefficient (Wildman–Crippen LogP) is 4.51. The van der Waals surface area contributed by atoms with Gasteiger partial charge in [0.15, 0.2) is 0 Å². The average Bonchev–Trinajstić information content (AvgIpc) is 2.97. The maximum Gasteiger partial charge on any atom is 0.115 e. The van der Waals surface area contributed by atoms with Gasteiger partial charge in [-0.15, -0.1) is 11.3 Å². The largest absolute Gasteiger partial charge is 0.318 e. The van der Waals surface area contributed by atoms with Crippen LogP contribution >= 0.6 is 22.9 Å². The van der Waals surface area contributed by atoms with Gasteiger partial charge in [0, 0.05) is 16.0 Å². The summed E-state index contributed by atoms with van der Waals surface area (Å²) in [6.07, 6.45) is 0. The molecule has 100 valence electrons. The van der Waals surface area contributed by atoms with Gasteiger partial charge in [0.1, 0.15) is 5.01 Å². The van der Waals surface area contributed by atoms with E-state index in [0.29, 0.717) is 5.02 Å². The van der Waals surface area contributed by atoms with Crippen molar-refractivity contribution in [1.29, 1.82) is 0 Å². The van der Waals surface area contributed by atoms with Crippen LogP contribution in [-0.2, 0) is 0 Å². The van der Waals surface area contributed by atoms with Crippen molar-refractivity contribution in [3.05, 3.63) is 75.6 Å². The summed E-state index contributed by atoms with van der Waals surface area (Å²) in [6, 6.07) is 17.5. The number of nitrogens with zero attached hydrogens (tertiary/aromatic N) is 1. The van der Waals surface area contributed by atoms with Gasteiger partial charge in [0.25, 0.3) is 0 Å². The molecule has 0 fully saturated rings. The van der Waals surface area contributed by atoms with E-state index in [1.54, 1.807) is 11.3 Å². The zero-order valence-corrected chi connectivity index (χ0v) is 12.2.